The number of oxazole rings is 1. The van der Waals surface area contributed by atoms with Gasteiger partial charge in [0, 0.05) is 43.5 Å². The van der Waals surface area contributed by atoms with E-state index in [9.17, 15) is 4.79 Å². The first-order chi connectivity index (χ1) is 17.5. The zero-order valence-corrected chi connectivity index (χ0v) is 20.6. The van der Waals surface area contributed by atoms with E-state index < -0.39 is 0 Å². The van der Waals surface area contributed by atoms with Crippen molar-refractivity contribution in [3.63, 3.8) is 0 Å². The van der Waals surface area contributed by atoms with Crippen molar-refractivity contribution in [1.29, 1.82) is 0 Å². The number of pyridine rings is 2. The van der Waals surface area contributed by atoms with Gasteiger partial charge >= 0.3 is 0 Å². The van der Waals surface area contributed by atoms with Gasteiger partial charge in [0.05, 0.1) is 30.7 Å². The summed E-state index contributed by atoms with van der Waals surface area (Å²) in [5, 5.41) is 0. The second-order valence-electron chi connectivity index (χ2n) is 9.00. The van der Waals surface area contributed by atoms with E-state index in [2.05, 4.69) is 38.9 Å². The molecule has 1 aromatic carbocycles. The Labute approximate surface area is 209 Å². The fourth-order valence-electron chi connectivity index (χ4n) is 4.24. The van der Waals surface area contributed by atoms with Crippen LogP contribution in [0.25, 0.3) is 22.6 Å². The summed E-state index contributed by atoms with van der Waals surface area (Å²) in [4.78, 5) is 26.4. The summed E-state index contributed by atoms with van der Waals surface area (Å²) in [7, 11) is 0. The van der Waals surface area contributed by atoms with Gasteiger partial charge in [0.1, 0.15) is 12.4 Å². The number of hydrogen-bond acceptors (Lipinski definition) is 7. The lowest BCUT2D eigenvalue weighted by Crippen LogP contribution is -2.38. The predicted molar refractivity (Wildman–Crippen MR) is 137 cm³/mol. The molecule has 8 heteroatoms. The molecule has 8 nitrogen and oxygen atoms in total. The molecule has 0 spiro atoms. The third kappa shape index (κ3) is 5.72. The van der Waals surface area contributed by atoms with Crippen LogP contribution in [0, 0.1) is 13.8 Å². The van der Waals surface area contributed by atoms with Gasteiger partial charge < -0.3 is 18.9 Å². The highest BCUT2D eigenvalue weighted by Crippen LogP contribution is 2.26. The number of nitrogens with one attached hydrogen (secondary N) is 1. The van der Waals surface area contributed by atoms with Crippen molar-refractivity contribution in [2.75, 3.05) is 39.5 Å². The molecule has 0 atom stereocenters. The van der Waals surface area contributed by atoms with Crippen LogP contribution in [0.4, 0.5) is 0 Å². The summed E-state index contributed by atoms with van der Waals surface area (Å²) in [6, 6.07) is 13.5. The highest BCUT2D eigenvalue weighted by atomic mass is 16.5. The summed E-state index contributed by atoms with van der Waals surface area (Å²) in [6.45, 7) is 8.93. The van der Waals surface area contributed by atoms with E-state index in [4.69, 9.17) is 13.9 Å². The lowest BCUT2D eigenvalue weighted by atomic mass is 10.1. The highest BCUT2D eigenvalue weighted by molar-refractivity contribution is 5.66. The Balaban J connectivity index is 1.27. The average molecular weight is 487 g/mol. The molecular formula is C28H30N4O4. The minimum atomic E-state index is -0.166. The number of morpholine rings is 1. The van der Waals surface area contributed by atoms with Gasteiger partial charge in [-0.1, -0.05) is 6.07 Å². The first-order valence-electron chi connectivity index (χ1n) is 12.2. The zero-order chi connectivity index (χ0) is 24.9. The van der Waals surface area contributed by atoms with Crippen molar-refractivity contribution in [2.45, 2.75) is 20.3 Å². The molecule has 0 aliphatic carbocycles. The molecule has 36 heavy (non-hydrogen) atoms. The summed E-state index contributed by atoms with van der Waals surface area (Å²) in [6.07, 6.45) is 3.95. The molecule has 1 aliphatic rings. The molecule has 0 radical (unpaired) electrons. The second-order valence-corrected chi connectivity index (χ2v) is 9.00. The Morgan fingerprint density at radius 1 is 1.06 bits per heavy atom. The van der Waals surface area contributed by atoms with Gasteiger partial charge in [-0.25, -0.2) is 4.98 Å². The van der Waals surface area contributed by atoms with E-state index >= 15 is 0 Å². The Hall–Kier alpha value is -3.75. The lowest BCUT2D eigenvalue weighted by Gasteiger charge is -2.26. The molecule has 0 saturated carbocycles. The quantitative estimate of drug-likeness (QED) is 0.402. The number of H-pyrrole nitrogens is 1. The van der Waals surface area contributed by atoms with Crippen LogP contribution in [0.15, 0.2) is 64.1 Å². The molecule has 4 aromatic rings. The summed E-state index contributed by atoms with van der Waals surface area (Å²) in [5.74, 6) is 2.09. The van der Waals surface area contributed by atoms with E-state index in [0.717, 1.165) is 61.0 Å². The van der Waals surface area contributed by atoms with E-state index in [0.29, 0.717) is 35.9 Å². The Morgan fingerprint density at radius 3 is 2.75 bits per heavy atom. The van der Waals surface area contributed by atoms with Crippen molar-refractivity contribution < 1.29 is 13.9 Å². The van der Waals surface area contributed by atoms with Crippen LogP contribution < -0.4 is 10.3 Å². The molecule has 1 fully saturated rings. The van der Waals surface area contributed by atoms with Crippen LogP contribution in [0.2, 0.25) is 0 Å². The molecule has 0 amide bonds. The van der Waals surface area contributed by atoms with Crippen LogP contribution in [-0.4, -0.2) is 59.3 Å². The number of aryl methyl sites for hydroxylation is 2. The third-order valence-corrected chi connectivity index (χ3v) is 6.37. The summed E-state index contributed by atoms with van der Waals surface area (Å²) in [5.41, 5.74) is 4.82. The fourth-order valence-corrected chi connectivity index (χ4v) is 4.24. The number of aromatic amines is 1. The molecular weight excluding hydrogens is 456 g/mol. The molecule has 4 heterocycles. The number of hydrogen-bond donors (Lipinski definition) is 1. The Kier molecular flexibility index (Phi) is 7.25. The normalized spacial score (nSPS) is 14.2. The maximum atomic E-state index is 12.4. The maximum Gasteiger partial charge on any atom is 0.257 e. The van der Waals surface area contributed by atoms with Gasteiger partial charge in [-0.3, -0.25) is 14.7 Å². The van der Waals surface area contributed by atoms with Crippen LogP contribution in [0.1, 0.15) is 22.7 Å². The van der Waals surface area contributed by atoms with E-state index in [1.165, 1.54) is 0 Å². The molecule has 0 bridgehead atoms. The first-order valence-corrected chi connectivity index (χ1v) is 12.2. The topological polar surface area (TPSA) is 93.5 Å². The molecule has 3 aromatic heterocycles. The number of ether oxygens (including phenoxy) is 2. The fraction of sp³-hybridized carbons (Fsp3) is 0.321. The lowest BCUT2D eigenvalue weighted by molar-refractivity contribution is 0.0322. The van der Waals surface area contributed by atoms with Crippen LogP contribution >= 0.6 is 0 Å². The van der Waals surface area contributed by atoms with Crippen molar-refractivity contribution >= 4 is 0 Å². The maximum absolute atomic E-state index is 12.4. The average Bonchev–Trinajstić information content (AvgIpc) is 3.35. The van der Waals surface area contributed by atoms with Crippen LogP contribution in [0.5, 0.6) is 5.75 Å². The van der Waals surface area contributed by atoms with Crippen molar-refractivity contribution in [1.82, 2.24) is 19.9 Å². The van der Waals surface area contributed by atoms with E-state index in [1.54, 1.807) is 18.5 Å². The Morgan fingerprint density at radius 2 is 1.92 bits per heavy atom. The molecule has 1 saturated heterocycles. The SMILES string of the molecule is Cc1ccc(-c2cc(-c3cnc(Cc4cc(OCCN5CCOCC5)ccc4C)o3)ccn2)c(=O)[nH]1. The molecule has 1 aliphatic heterocycles. The minimum Gasteiger partial charge on any atom is -0.492 e. The number of nitrogens with zero attached hydrogens (tertiary/aromatic N) is 3. The van der Waals surface area contributed by atoms with E-state index in [1.807, 2.05) is 31.2 Å². The Bertz CT molecular complexity index is 1390. The molecule has 0 unspecified atom stereocenters. The van der Waals surface area contributed by atoms with Gasteiger partial charge in [-0.2, -0.15) is 0 Å². The van der Waals surface area contributed by atoms with Crippen molar-refractivity contribution in [2.24, 2.45) is 0 Å². The molecule has 5 rings (SSSR count). The van der Waals surface area contributed by atoms with Gasteiger partial charge in [0.25, 0.3) is 5.56 Å². The van der Waals surface area contributed by atoms with Crippen molar-refractivity contribution in [3.05, 3.63) is 87.9 Å². The third-order valence-electron chi connectivity index (χ3n) is 6.37. The molecule has 1 N–H and O–H groups in total. The van der Waals surface area contributed by atoms with Gasteiger partial charge in [0.15, 0.2) is 11.7 Å². The van der Waals surface area contributed by atoms with Crippen LogP contribution in [-0.2, 0) is 11.2 Å². The van der Waals surface area contributed by atoms with Gasteiger partial charge in [-0.05, 0) is 61.4 Å². The summed E-state index contributed by atoms with van der Waals surface area (Å²) < 4.78 is 17.5. The van der Waals surface area contributed by atoms with Crippen molar-refractivity contribution in [3.8, 4) is 28.3 Å². The standard InChI is InChI=1S/C28H30N4O4/c1-19-3-5-23(35-14-11-32-9-12-34-13-10-32)15-22(19)17-27-30-18-26(36-27)21-7-8-29-25(16-21)24-6-4-20(2)31-28(24)33/h3-8,15-16,18H,9-14,17H2,1-2H3,(H,31,33). The minimum absolute atomic E-state index is 0.166. The molecule has 186 valence electrons. The smallest absolute Gasteiger partial charge is 0.257 e. The second kappa shape index (κ2) is 10.9. The summed E-state index contributed by atoms with van der Waals surface area (Å²) >= 11 is 0. The van der Waals surface area contributed by atoms with Gasteiger partial charge in [-0.15, -0.1) is 0 Å². The van der Waals surface area contributed by atoms with Gasteiger partial charge in [0.2, 0.25) is 0 Å². The largest absolute Gasteiger partial charge is 0.492 e. The first kappa shape index (κ1) is 24.0. The number of benzene rings is 1. The zero-order valence-electron chi connectivity index (χ0n) is 20.6. The predicted octanol–water partition coefficient (Wildman–Crippen LogP) is 4.01. The highest BCUT2D eigenvalue weighted by Gasteiger charge is 2.13. The van der Waals surface area contributed by atoms with E-state index in [-0.39, 0.29) is 5.56 Å². The number of aromatic nitrogens is 3. The monoisotopic (exact) mass is 486 g/mol. The number of rotatable bonds is 8. The van der Waals surface area contributed by atoms with Crippen LogP contribution in [0.3, 0.4) is 0 Å².